The van der Waals surface area contributed by atoms with Gasteiger partial charge in [-0.1, -0.05) is 37.3 Å². The lowest BCUT2D eigenvalue weighted by Crippen LogP contribution is -2.46. The van der Waals surface area contributed by atoms with Crippen LogP contribution in [-0.2, 0) is 19.8 Å². The predicted molar refractivity (Wildman–Crippen MR) is 70.1 cm³/mol. The molecule has 100 valence electrons. The molecule has 0 bridgehead atoms. The maximum absolute atomic E-state index is 11.9. The lowest BCUT2D eigenvalue weighted by Gasteiger charge is -2.26. The van der Waals surface area contributed by atoms with E-state index in [0.717, 1.165) is 12.0 Å². The third-order valence-electron chi connectivity index (χ3n) is 2.83. The maximum Gasteiger partial charge on any atom is 0.330 e. The number of rotatable bonds is 7. The summed E-state index contributed by atoms with van der Waals surface area (Å²) in [4.78, 5) is 11.9. The number of carbonyl (C=O) groups excluding carboxylic acids is 1. The molecule has 0 saturated heterocycles. The second-order valence-electron chi connectivity index (χ2n) is 4.19. The molecular weight excluding hydrogens is 230 g/mol. The van der Waals surface area contributed by atoms with Crippen LogP contribution >= 0.6 is 0 Å². The van der Waals surface area contributed by atoms with Crippen LogP contribution in [0.4, 0.5) is 0 Å². The Hall–Kier alpha value is -1.39. The number of esters is 1. The van der Waals surface area contributed by atoms with Gasteiger partial charge in [-0.15, -0.1) is 0 Å². The molecule has 1 unspecified atom stereocenters. The third-order valence-corrected chi connectivity index (χ3v) is 2.83. The van der Waals surface area contributed by atoms with E-state index >= 15 is 0 Å². The van der Waals surface area contributed by atoms with Gasteiger partial charge in [-0.3, -0.25) is 0 Å². The molecule has 0 saturated carbocycles. The molecule has 0 aliphatic rings. The topological polar surface area (TPSA) is 61.5 Å². The number of hydrogen-bond acceptors (Lipinski definition) is 4. The van der Waals surface area contributed by atoms with Gasteiger partial charge in [-0.2, -0.15) is 0 Å². The Bertz CT molecular complexity index is 367. The minimum atomic E-state index is -1.14. The lowest BCUT2D eigenvalue weighted by atomic mass is 9.88. The van der Waals surface area contributed by atoms with E-state index in [2.05, 4.69) is 0 Å². The van der Waals surface area contributed by atoms with Crippen LogP contribution in [-0.4, -0.2) is 26.3 Å². The summed E-state index contributed by atoms with van der Waals surface area (Å²) in [6, 6.07) is 9.25. The van der Waals surface area contributed by atoms with Crippen LogP contribution in [0.2, 0.25) is 0 Å². The summed E-state index contributed by atoms with van der Waals surface area (Å²) in [6.07, 6.45) is 1.35. The standard InChI is InChI=1S/C14H21NO3/c1-3-10-18-11-9-14(15,13(16)17-2)12-7-5-4-6-8-12/h4-8H,3,9-11,15H2,1-2H3. The Morgan fingerprint density at radius 1 is 1.28 bits per heavy atom. The van der Waals surface area contributed by atoms with Gasteiger partial charge in [0.15, 0.2) is 0 Å². The van der Waals surface area contributed by atoms with Crippen molar-refractivity contribution < 1.29 is 14.3 Å². The van der Waals surface area contributed by atoms with Crippen molar-refractivity contribution >= 4 is 5.97 Å². The van der Waals surface area contributed by atoms with Crippen molar-refractivity contribution in [1.29, 1.82) is 0 Å². The smallest absolute Gasteiger partial charge is 0.330 e. The average Bonchev–Trinajstić information content (AvgIpc) is 2.43. The number of benzene rings is 1. The van der Waals surface area contributed by atoms with Gasteiger partial charge < -0.3 is 15.2 Å². The van der Waals surface area contributed by atoms with E-state index in [1.54, 1.807) is 0 Å². The van der Waals surface area contributed by atoms with Crippen molar-refractivity contribution in [2.45, 2.75) is 25.3 Å². The number of hydrogen-bond donors (Lipinski definition) is 1. The van der Waals surface area contributed by atoms with Gasteiger partial charge in [0.1, 0.15) is 5.54 Å². The fourth-order valence-corrected chi connectivity index (χ4v) is 1.76. The Morgan fingerprint density at radius 3 is 2.50 bits per heavy atom. The summed E-state index contributed by atoms with van der Waals surface area (Å²) in [7, 11) is 1.35. The summed E-state index contributed by atoms with van der Waals surface area (Å²) < 4.78 is 10.2. The van der Waals surface area contributed by atoms with Crippen LogP contribution in [0.1, 0.15) is 25.3 Å². The van der Waals surface area contributed by atoms with E-state index in [0.29, 0.717) is 19.6 Å². The zero-order chi connectivity index (χ0) is 13.4. The molecule has 0 amide bonds. The molecular formula is C14H21NO3. The predicted octanol–water partition coefficient (Wildman–Crippen LogP) is 1.83. The highest BCUT2D eigenvalue weighted by Gasteiger charge is 2.36. The fourth-order valence-electron chi connectivity index (χ4n) is 1.76. The van der Waals surface area contributed by atoms with Gasteiger partial charge in [0.2, 0.25) is 0 Å². The Labute approximate surface area is 108 Å². The summed E-state index contributed by atoms with van der Waals surface area (Å²) >= 11 is 0. The summed E-state index contributed by atoms with van der Waals surface area (Å²) in [5.41, 5.74) is 5.81. The van der Waals surface area contributed by atoms with E-state index in [4.69, 9.17) is 15.2 Å². The molecule has 0 aromatic heterocycles. The number of ether oxygens (including phenoxy) is 2. The average molecular weight is 251 g/mol. The lowest BCUT2D eigenvalue weighted by molar-refractivity contribution is -0.148. The van der Waals surface area contributed by atoms with Crippen molar-refractivity contribution in [2.75, 3.05) is 20.3 Å². The second-order valence-corrected chi connectivity index (χ2v) is 4.19. The molecule has 0 fully saturated rings. The van der Waals surface area contributed by atoms with Crippen LogP contribution < -0.4 is 5.73 Å². The number of nitrogens with two attached hydrogens (primary N) is 1. The molecule has 1 rings (SSSR count). The monoisotopic (exact) mass is 251 g/mol. The SMILES string of the molecule is CCCOCCC(N)(C(=O)OC)c1ccccc1. The number of methoxy groups -OCH3 is 1. The molecule has 0 spiro atoms. The Kier molecular flexibility index (Phi) is 5.82. The highest BCUT2D eigenvalue weighted by atomic mass is 16.5. The molecule has 1 aromatic rings. The Balaban J connectivity index is 2.79. The van der Waals surface area contributed by atoms with Gasteiger partial charge >= 0.3 is 5.97 Å². The minimum absolute atomic E-state index is 0.406. The zero-order valence-electron chi connectivity index (χ0n) is 11.0. The normalized spacial score (nSPS) is 13.9. The first-order valence-electron chi connectivity index (χ1n) is 6.15. The van der Waals surface area contributed by atoms with Crippen LogP contribution in [0.25, 0.3) is 0 Å². The molecule has 18 heavy (non-hydrogen) atoms. The van der Waals surface area contributed by atoms with E-state index in [1.807, 2.05) is 37.3 Å². The van der Waals surface area contributed by atoms with Crippen LogP contribution in [0.15, 0.2) is 30.3 Å². The Morgan fingerprint density at radius 2 is 1.94 bits per heavy atom. The van der Waals surface area contributed by atoms with E-state index in [1.165, 1.54) is 7.11 Å². The highest BCUT2D eigenvalue weighted by molar-refractivity contribution is 5.82. The zero-order valence-corrected chi connectivity index (χ0v) is 11.0. The molecule has 1 aromatic carbocycles. The molecule has 1 atom stereocenters. The first-order chi connectivity index (χ1) is 8.65. The van der Waals surface area contributed by atoms with Crippen molar-refractivity contribution in [3.05, 3.63) is 35.9 Å². The molecule has 0 aliphatic carbocycles. The van der Waals surface area contributed by atoms with Crippen LogP contribution in [0.5, 0.6) is 0 Å². The summed E-state index contributed by atoms with van der Waals surface area (Å²) in [6.45, 7) is 3.15. The van der Waals surface area contributed by atoms with Gasteiger partial charge in [-0.05, 0) is 12.0 Å². The van der Waals surface area contributed by atoms with E-state index < -0.39 is 11.5 Å². The first-order valence-corrected chi connectivity index (χ1v) is 6.15. The second kappa shape index (κ2) is 7.13. The number of carbonyl (C=O) groups is 1. The van der Waals surface area contributed by atoms with Gasteiger partial charge in [0.05, 0.1) is 7.11 Å². The first kappa shape index (κ1) is 14.7. The minimum Gasteiger partial charge on any atom is -0.467 e. The summed E-state index contributed by atoms with van der Waals surface area (Å²) in [5, 5.41) is 0. The molecule has 0 heterocycles. The van der Waals surface area contributed by atoms with E-state index in [9.17, 15) is 4.79 Å². The molecule has 4 heteroatoms. The van der Waals surface area contributed by atoms with E-state index in [-0.39, 0.29) is 0 Å². The third kappa shape index (κ3) is 3.55. The van der Waals surface area contributed by atoms with Gasteiger partial charge in [-0.25, -0.2) is 4.79 Å². The largest absolute Gasteiger partial charge is 0.467 e. The summed E-state index contributed by atoms with van der Waals surface area (Å²) in [5.74, 6) is -0.436. The fraction of sp³-hybridized carbons (Fsp3) is 0.500. The van der Waals surface area contributed by atoms with Crippen LogP contribution in [0, 0.1) is 0 Å². The molecule has 4 nitrogen and oxygen atoms in total. The molecule has 0 radical (unpaired) electrons. The van der Waals surface area contributed by atoms with Crippen LogP contribution in [0.3, 0.4) is 0 Å². The van der Waals surface area contributed by atoms with Crippen molar-refractivity contribution in [2.24, 2.45) is 5.73 Å². The molecule has 2 N–H and O–H groups in total. The quantitative estimate of drug-likeness (QED) is 0.593. The van der Waals surface area contributed by atoms with Gasteiger partial charge in [0.25, 0.3) is 0 Å². The van der Waals surface area contributed by atoms with Gasteiger partial charge in [0, 0.05) is 19.6 Å². The van der Waals surface area contributed by atoms with Crippen molar-refractivity contribution in [1.82, 2.24) is 0 Å². The highest BCUT2D eigenvalue weighted by Crippen LogP contribution is 2.23. The van der Waals surface area contributed by atoms with Crippen molar-refractivity contribution in [3.8, 4) is 0 Å². The molecule has 0 aliphatic heterocycles. The maximum atomic E-state index is 11.9. The van der Waals surface area contributed by atoms with Crippen molar-refractivity contribution in [3.63, 3.8) is 0 Å².